The van der Waals surface area contributed by atoms with E-state index in [1.54, 1.807) is 7.11 Å². The van der Waals surface area contributed by atoms with Crippen LogP contribution in [0.25, 0.3) is 0 Å². The Hall–Kier alpha value is -2.90. The molecule has 2 aromatic rings. The highest BCUT2D eigenvalue weighted by atomic mass is 16.5. The number of ether oxygens (including phenoxy) is 1. The Morgan fingerprint density at radius 1 is 1.23 bits per heavy atom. The molecule has 7 heteroatoms. The second kappa shape index (κ2) is 8.07. The average molecular weight is 476 g/mol. The zero-order valence-electron chi connectivity index (χ0n) is 20.1. The fourth-order valence-electron chi connectivity index (χ4n) is 7.67. The minimum atomic E-state index is -0.981. The first-order valence-corrected chi connectivity index (χ1v) is 12.6. The van der Waals surface area contributed by atoms with E-state index in [-0.39, 0.29) is 23.9 Å². The predicted octanol–water partition coefficient (Wildman–Crippen LogP) is 1.89. The van der Waals surface area contributed by atoms with Crippen LogP contribution in [0, 0.1) is 11.8 Å². The molecule has 0 spiro atoms. The number of fused-ring (bicyclic) bond motifs is 2. The molecular formula is C28H33N3O4. The quantitative estimate of drug-likeness (QED) is 0.586. The fraction of sp³-hybridized carbons (Fsp3) is 0.500. The van der Waals surface area contributed by atoms with E-state index in [9.17, 15) is 14.7 Å². The monoisotopic (exact) mass is 475 g/mol. The maximum atomic E-state index is 12.7. The zero-order valence-corrected chi connectivity index (χ0v) is 20.1. The number of hydrogen-bond acceptors (Lipinski definition) is 5. The highest BCUT2D eigenvalue weighted by Crippen LogP contribution is 2.60. The van der Waals surface area contributed by atoms with Crippen LogP contribution >= 0.6 is 0 Å². The van der Waals surface area contributed by atoms with Crippen LogP contribution in [0.2, 0.25) is 0 Å². The first-order chi connectivity index (χ1) is 16.8. The first-order valence-electron chi connectivity index (χ1n) is 12.6. The number of amides is 2. The molecule has 0 radical (unpaired) electrons. The van der Waals surface area contributed by atoms with E-state index in [4.69, 9.17) is 10.5 Å². The largest absolute Gasteiger partial charge is 0.497 e. The van der Waals surface area contributed by atoms with Crippen LogP contribution in [0.5, 0.6) is 5.75 Å². The van der Waals surface area contributed by atoms with Gasteiger partial charge in [-0.3, -0.25) is 14.5 Å². The maximum absolute atomic E-state index is 12.7. The van der Waals surface area contributed by atoms with Crippen molar-refractivity contribution in [2.75, 3.05) is 13.7 Å². The summed E-state index contributed by atoms with van der Waals surface area (Å²) in [5.74, 6) is -0.896. The number of piperidine rings is 2. The Labute approximate surface area is 205 Å². The van der Waals surface area contributed by atoms with Gasteiger partial charge in [-0.15, -0.1) is 0 Å². The number of nitrogens with one attached hydrogen (secondary N) is 1. The minimum Gasteiger partial charge on any atom is -0.497 e. The number of hydrogen-bond donors (Lipinski definition) is 3. The van der Waals surface area contributed by atoms with Crippen molar-refractivity contribution in [3.05, 3.63) is 65.2 Å². The van der Waals surface area contributed by atoms with Gasteiger partial charge in [-0.1, -0.05) is 36.4 Å². The molecule has 4 aliphatic rings. The van der Waals surface area contributed by atoms with E-state index in [1.165, 1.54) is 11.1 Å². The molecule has 184 valence electrons. The van der Waals surface area contributed by atoms with Crippen molar-refractivity contribution in [2.24, 2.45) is 17.6 Å². The van der Waals surface area contributed by atoms with E-state index in [0.29, 0.717) is 19.3 Å². The van der Waals surface area contributed by atoms with Crippen LogP contribution < -0.4 is 15.8 Å². The highest BCUT2D eigenvalue weighted by Gasteiger charge is 2.67. The Kier molecular flexibility index (Phi) is 5.20. The lowest BCUT2D eigenvalue weighted by Crippen LogP contribution is -2.76. The van der Waals surface area contributed by atoms with E-state index in [1.807, 2.05) is 12.1 Å². The molecule has 35 heavy (non-hydrogen) atoms. The van der Waals surface area contributed by atoms with Crippen LogP contribution in [-0.4, -0.2) is 53.2 Å². The fourth-order valence-corrected chi connectivity index (χ4v) is 7.67. The molecule has 6 atom stereocenters. The summed E-state index contributed by atoms with van der Waals surface area (Å²) in [6.45, 7) is 1.65. The number of nitrogens with two attached hydrogens (primary N) is 1. The summed E-state index contributed by atoms with van der Waals surface area (Å²) in [4.78, 5) is 27.1. The van der Waals surface area contributed by atoms with Crippen LogP contribution in [0.3, 0.4) is 0 Å². The van der Waals surface area contributed by atoms with Crippen molar-refractivity contribution in [3.8, 4) is 5.75 Å². The van der Waals surface area contributed by atoms with Gasteiger partial charge in [-0.05, 0) is 73.4 Å². The van der Waals surface area contributed by atoms with Gasteiger partial charge in [0.15, 0.2) is 0 Å². The normalized spacial score (nSPS) is 35.8. The number of rotatable bonds is 4. The second-order valence-electron chi connectivity index (χ2n) is 10.9. The number of primary amides is 1. The third kappa shape index (κ3) is 3.32. The van der Waals surface area contributed by atoms with Gasteiger partial charge < -0.3 is 20.9 Å². The topological polar surface area (TPSA) is 105 Å². The van der Waals surface area contributed by atoms with Gasteiger partial charge in [0.05, 0.1) is 12.7 Å². The number of nitrogens with zero attached hydrogens (tertiary/aromatic N) is 1. The summed E-state index contributed by atoms with van der Waals surface area (Å²) in [6, 6.07) is 16.5. The van der Waals surface area contributed by atoms with Crippen molar-refractivity contribution in [1.29, 1.82) is 0 Å². The first kappa shape index (κ1) is 22.6. The van der Waals surface area contributed by atoms with Crippen molar-refractivity contribution in [2.45, 2.75) is 61.7 Å². The van der Waals surface area contributed by atoms with Gasteiger partial charge >= 0.3 is 0 Å². The molecule has 2 amide bonds. The number of carbonyl (C=O) groups is 2. The second-order valence-corrected chi connectivity index (χ2v) is 10.9. The molecule has 0 aromatic heterocycles. The SMILES string of the molecule is COc1ccc2c(c1)[C@]13CCN(Cc4ccccc4)[C@H](C2)[C@]1(O)CC1CC(C(N)=O)C(=O)NC1C3. The lowest BCUT2D eigenvalue weighted by molar-refractivity contribution is -0.189. The van der Waals surface area contributed by atoms with Gasteiger partial charge in [-0.2, -0.15) is 0 Å². The molecular weight excluding hydrogens is 442 g/mol. The maximum Gasteiger partial charge on any atom is 0.232 e. The summed E-state index contributed by atoms with van der Waals surface area (Å²) < 4.78 is 5.58. The molecule has 2 aliphatic heterocycles. The van der Waals surface area contributed by atoms with Gasteiger partial charge in [0.1, 0.15) is 11.7 Å². The average Bonchev–Trinajstić information content (AvgIpc) is 2.84. The Morgan fingerprint density at radius 2 is 2.03 bits per heavy atom. The van der Waals surface area contributed by atoms with Crippen molar-refractivity contribution in [1.82, 2.24) is 10.2 Å². The Morgan fingerprint density at radius 3 is 2.77 bits per heavy atom. The van der Waals surface area contributed by atoms with Crippen LogP contribution in [0.1, 0.15) is 42.4 Å². The van der Waals surface area contributed by atoms with Crippen LogP contribution in [0.4, 0.5) is 0 Å². The van der Waals surface area contributed by atoms with E-state index >= 15 is 0 Å². The molecule has 2 bridgehead atoms. The molecule has 4 N–H and O–H groups in total. The number of likely N-dealkylation sites (tertiary alicyclic amines) is 1. The van der Waals surface area contributed by atoms with E-state index in [0.717, 1.165) is 37.2 Å². The Balaban J connectivity index is 1.43. The van der Waals surface area contributed by atoms with Gasteiger partial charge in [0, 0.05) is 24.0 Å². The molecule has 2 aliphatic carbocycles. The van der Waals surface area contributed by atoms with Gasteiger partial charge in [0.25, 0.3) is 0 Å². The third-order valence-electron chi connectivity index (χ3n) is 9.36. The molecule has 2 heterocycles. The van der Waals surface area contributed by atoms with Gasteiger partial charge in [-0.25, -0.2) is 0 Å². The molecule has 2 aromatic carbocycles. The molecule has 3 unspecified atom stereocenters. The molecule has 3 fully saturated rings. The van der Waals surface area contributed by atoms with E-state index < -0.39 is 22.8 Å². The molecule has 2 saturated heterocycles. The lowest BCUT2D eigenvalue weighted by atomic mass is 9.46. The smallest absolute Gasteiger partial charge is 0.232 e. The minimum absolute atomic E-state index is 0.00894. The number of carbonyl (C=O) groups excluding carboxylic acids is 2. The summed E-state index contributed by atoms with van der Waals surface area (Å²) in [5.41, 5.74) is 7.72. The molecule has 7 nitrogen and oxygen atoms in total. The summed E-state index contributed by atoms with van der Waals surface area (Å²) in [6.07, 6.45) is 3.15. The van der Waals surface area contributed by atoms with Gasteiger partial charge in [0.2, 0.25) is 11.8 Å². The van der Waals surface area contributed by atoms with Crippen molar-refractivity contribution < 1.29 is 19.4 Å². The summed E-state index contributed by atoms with van der Waals surface area (Å²) >= 11 is 0. The summed E-state index contributed by atoms with van der Waals surface area (Å²) in [7, 11) is 1.67. The number of benzene rings is 2. The molecule has 6 rings (SSSR count). The van der Waals surface area contributed by atoms with Crippen molar-refractivity contribution in [3.63, 3.8) is 0 Å². The molecule has 1 saturated carbocycles. The summed E-state index contributed by atoms with van der Waals surface area (Å²) in [5, 5.41) is 15.9. The zero-order chi connectivity index (χ0) is 24.4. The lowest BCUT2D eigenvalue weighted by Gasteiger charge is -2.66. The third-order valence-corrected chi connectivity index (χ3v) is 9.36. The Bertz CT molecular complexity index is 1170. The predicted molar refractivity (Wildman–Crippen MR) is 131 cm³/mol. The highest BCUT2D eigenvalue weighted by molar-refractivity contribution is 6.00. The van der Waals surface area contributed by atoms with Crippen molar-refractivity contribution >= 4 is 11.8 Å². The number of aliphatic hydroxyl groups is 1. The standard InChI is InChI=1S/C28H33N3O4/c1-35-20-8-7-18-12-24-28(34)14-19-11-21(25(29)32)26(33)30-23(19)15-27(28,22(18)13-20)9-10-31(24)16-17-5-3-2-4-6-17/h2-8,13,19,21,23-24,34H,9-12,14-16H2,1H3,(H2,29,32)(H,30,33)/t19?,21?,23?,24-,27-,28-/m1/s1. The van der Waals surface area contributed by atoms with Crippen LogP contribution in [-0.2, 0) is 28.0 Å². The number of methoxy groups -OCH3 is 1. The van der Waals surface area contributed by atoms with Crippen LogP contribution in [0.15, 0.2) is 48.5 Å². The van der Waals surface area contributed by atoms with E-state index in [2.05, 4.69) is 46.6 Å².